The Morgan fingerprint density at radius 3 is 2.58 bits per heavy atom. The third kappa shape index (κ3) is 8.46. The smallest absolute Gasteiger partial charge is 0.411 e. The predicted molar refractivity (Wildman–Crippen MR) is 191 cm³/mol. The summed E-state index contributed by atoms with van der Waals surface area (Å²) in [5.74, 6) is -2.36. The normalized spacial score (nSPS) is 17.0. The SMILES string of the molecule is CCC(CC)NCc1ccccc1NC(=O)OCC[N+]1(C[C@](O)(c2cc(F)ccc2F)[C@@H](C)c2nc(-c3ccc(C#N)cc3)cs2)C=NC=N1. The highest BCUT2D eigenvalue weighted by atomic mass is 32.1. The van der Waals surface area contributed by atoms with Gasteiger partial charge >= 0.3 is 6.09 Å². The van der Waals surface area contributed by atoms with E-state index in [2.05, 4.69) is 40.6 Å². The number of aromatic nitrogens is 1. The second-order valence-electron chi connectivity index (χ2n) is 12.2. The number of benzene rings is 3. The maximum atomic E-state index is 15.5. The molecule has 13 heteroatoms. The number of carbonyl (C=O) groups is 1. The number of nitrogens with zero attached hydrogens (tertiary/aromatic N) is 5. The number of hydrogen-bond acceptors (Lipinski definition) is 9. The summed E-state index contributed by atoms with van der Waals surface area (Å²) in [5.41, 5.74) is 1.12. The lowest BCUT2D eigenvalue weighted by Crippen LogP contribution is -2.54. The first-order valence-corrected chi connectivity index (χ1v) is 17.3. The highest BCUT2D eigenvalue weighted by Crippen LogP contribution is 2.42. The summed E-state index contributed by atoms with van der Waals surface area (Å²) in [6.07, 6.45) is 4.09. The van der Waals surface area contributed by atoms with Crippen LogP contribution in [0.3, 0.4) is 0 Å². The summed E-state index contributed by atoms with van der Waals surface area (Å²) in [6, 6.07) is 19.8. The van der Waals surface area contributed by atoms with Crippen LogP contribution in [0.2, 0.25) is 0 Å². The second-order valence-corrected chi connectivity index (χ2v) is 13.1. The Hall–Kier alpha value is -4.87. The van der Waals surface area contributed by atoms with Crippen LogP contribution in [0, 0.1) is 23.0 Å². The number of para-hydroxylation sites is 1. The number of carbonyl (C=O) groups excluding carboxylic acids is 1. The lowest BCUT2D eigenvalue weighted by Gasteiger charge is -2.38. The van der Waals surface area contributed by atoms with E-state index in [-0.39, 0.29) is 29.9 Å². The van der Waals surface area contributed by atoms with E-state index < -0.39 is 29.2 Å². The average molecular weight is 701 g/mol. The van der Waals surface area contributed by atoms with Crippen molar-refractivity contribution in [2.24, 2.45) is 10.1 Å². The molecule has 260 valence electrons. The largest absolute Gasteiger partial charge is 0.443 e. The van der Waals surface area contributed by atoms with Crippen LogP contribution in [0.1, 0.15) is 61.2 Å². The molecule has 5 rings (SSSR count). The van der Waals surface area contributed by atoms with Gasteiger partial charge in [0.15, 0.2) is 11.9 Å². The van der Waals surface area contributed by atoms with Gasteiger partial charge in [-0.2, -0.15) is 10.3 Å². The predicted octanol–water partition coefficient (Wildman–Crippen LogP) is 7.28. The number of aliphatic imine (C=N–C) groups is 1. The van der Waals surface area contributed by atoms with E-state index in [0.29, 0.717) is 34.5 Å². The fourth-order valence-corrected chi connectivity index (χ4v) is 6.88. The Balaban J connectivity index is 1.34. The Bertz CT molecular complexity index is 1880. The van der Waals surface area contributed by atoms with Gasteiger partial charge in [-0.05, 0) is 54.8 Å². The van der Waals surface area contributed by atoms with Crippen molar-refractivity contribution in [3.8, 4) is 17.3 Å². The molecule has 0 saturated heterocycles. The van der Waals surface area contributed by atoms with Gasteiger partial charge in [-0.3, -0.25) is 5.32 Å². The number of anilines is 1. The van der Waals surface area contributed by atoms with Crippen molar-refractivity contribution in [1.82, 2.24) is 10.3 Å². The van der Waals surface area contributed by atoms with Crippen LogP contribution in [0.15, 0.2) is 82.2 Å². The molecule has 1 aliphatic rings. The van der Waals surface area contributed by atoms with Gasteiger partial charge < -0.3 is 15.2 Å². The van der Waals surface area contributed by atoms with Crippen molar-refractivity contribution in [2.45, 2.75) is 57.7 Å². The lowest BCUT2D eigenvalue weighted by atomic mass is 9.81. The number of halogens is 2. The molecule has 1 unspecified atom stereocenters. The summed E-state index contributed by atoms with van der Waals surface area (Å²) >= 11 is 1.27. The van der Waals surface area contributed by atoms with Gasteiger partial charge in [0.1, 0.15) is 31.3 Å². The van der Waals surface area contributed by atoms with Crippen molar-refractivity contribution in [3.63, 3.8) is 0 Å². The molecule has 10 nitrogen and oxygen atoms in total. The van der Waals surface area contributed by atoms with E-state index in [4.69, 9.17) is 15.0 Å². The maximum Gasteiger partial charge on any atom is 0.411 e. The Morgan fingerprint density at radius 2 is 1.88 bits per heavy atom. The van der Waals surface area contributed by atoms with Crippen LogP contribution < -0.4 is 10.6 Å². The number of nitriles is 1. The zero-order chi connectivity index (χ0) is 35.7. The van der Waals surface area contributed by atoms with Crippen LogP contribution in [-0.4, -0.2) is 59.2 Å². The summed E-state index contributed by atoms with van der Waals surface area (Å²) in [7, 11) is 0. The van der Waals surface area contributed by atoms with Crippen LogP contribution in [0.5, 0.6) is 0 Å². The van der Waals surface area contributed by atoms with Gasteiger partial charge in [-0.1, -0.05) is 56.2 Å². The first-order chi connectivity index (χ1) is 24.1. The van der Waals surface area contributed by atoms with Crippen LogP contribution in [-0.2, 0) is 16.9 Å². The fourth-order valence-electron chi connectivity index (χ4n) is 5.90. The standard InChI is InChI=1S/C37H39F2N7O3S/c1-4-30(5-2)42-20-28-8-6-7-9-33(28)45-36(47)49-17-16-46(24-41-23-43-46)22-37(48,31-18-29(38)14-15-32(31)39)25(3)35-44-34(21-50-35)27-12-10-26(19-40)11-13-27/h6-15,18,21,23-25,30,42,48H,4-5,16-17,20,22H2,1-3H3/p+1/t25-,37+,46?/m0/s1. The molecule has 1 amide bonds. The summed E-state index contributed by atoms with van der Waals surface area (Å²) in [6.45, 7) is 6.17. The van der Waals surface area contributed by atoms with E-state index in [1.807, 2.05) is 23.6 Å². The van der Waals surface area contributed by atoms with Crippen molar-refractivity contribution in [2.75, 3.05) is 25.0 Å². The summed E-state index contributed by atoms with van der Waals surface area (Å²) in [4.78, 5) is 21.8. The van der Waals surface area contributed by atoms with Gasteiger partial charge in [-0.15, -0.1) is 15.9 Å². The molecule has 0 spiro atoms. The molecule has 1 aromatic heterocycles. The molecule has 3 aromatic carbocycles. The first-order valence-electron chi connectivity index (χ1n) is 16.4. The number of amides is 1. The topological polar surface area (TPSA) is 132 Å². The van der Waals surface area contributed by atoms with Crippen molar-refractivity contribution < 1.29 is 28.0 Å². The molecular weight excluding hydrogens is 661 g/mol. The average Bonchev–Trinajstić information content (AvgIpc) is 3.81. The number of quaternary nitrogens is 1. The molecule has 1 aliphatic heterocycles. The van der Waals surface area contributed by atoms with E-state index >= 15 is 4.39 Å². The monoisotopic (exact) mass is 700 g/mol. The van der Waals surface area contributed by atoms with E-state index in [9.17, 15) is 14.3 Å². The zero-order valence-electron chi connectivity index (χ0n) is 28.1. The number of nitrogens with one attached hydrogen (secondary N) is 2. The molecule has 0 radical (unpaired) electrons. The molecule has 3 atom stereocenters. The van der Waals surface area contributed by atoms with Crippen molar-refractivity contribution in [1.29, 1.82) is 5.26 Å². The van der Waals surface area contributed by atoms with E-state index in [1.165, 1.54) is 24.0 Å². The van der Waals surface area contributed by atoms with Gasteiger partial charge in [0.05, 0.1) is 22.3 Å². The number of rotatable bonds is 15. The molecule has 2 heterocycles. The Kier molecular flexibility index (Phi) is 11.8. The molecule has 4 aromatic rings. The van der Waals surface area contributed by atoms with Crippen LogP contribution in [0.4, 0.5) is 19.3 Å². The highest BCUT2D eigenvalue weighted by Gasteiger charge is 2.49. The number of aliphatic hydroxyl groups is 1. The van der Waals surface area contributed by atoms with Crippen molar-refractivity contribution in [3.05, 3.63) is 105 Å². The number of hydrogen-bond donors (Lipinski definition) is 3. The third-order valence-electron chi connectivity index (χ3n) is 8.99. The van der Waals surface area contributed by atoms with E-state index in [0.717, 1.165) is 42.2 Å². The zero-order valence-corrected chi connectivity index (χ0v) is 29.0. The van der Waals surface area contributed by atoms with Gasteiger partial charge in [0.2, 0.25) is 6.34 Å². The minimum Gasteiger partial charge on any atom is -0.443 e. The molecule has 0 saturated carbocycles. The molecule has 0 bridgehead atoms. The van der Waals surface area contributed by atoms with Crippen molar-refractivity contribution >= 4 is 35.8 Å². The minimum atomic E-state index is -2.04. The molecule has 50 heavy (non-hydrogen) atoms. The van der Waals surface area contributed by atoms with Crippen LogP contribution in [0.25, 0.3) is 11.3 Å². The van der Waals surface area contributed by atoms with Crippen LogP contribution >= 0.6 is 11.3 Å². The number of ether oxygens (including phenoxy) is 1. The quantitative estimate of drug-likeness (QED) is 0.112. The maximum absolute atomic E-state index is 15.5. The third-order valence-corrected chi connectivity index (χ3v) is 10.0. The molecular formula is C37H40F2N7O3S+. The Labute approximate surface area is 294 Å². The Morgan fingerprint density at radius 1 is 1.12 bits per heavy atom. The summed E-state index contributed by atoms with van der Waals surface area (Å²) in [5, 5.41) is 34.7. The van der Waals surface area contributed by atoms with E-state index in [1.54, 1.807) is 37.3 Å². The minimum absolute atomic E-state index is 0.0472. The highest BCUT2D eigenvalue weighted by molar-refractivity contribution is 7.10. The molecule has 3 N–H and O–H groups in total. The van der Waals surface area contributed by atoms with Gasteiger partial charge in [0, 0.05) is 40.7 Å². The molecule has 0 fully saturated rings. The van der Waals surface area contributed by atoms with Gasteiger partial charge in [0.25, 0.3) is 0 Å². The first kappa shape index (κ1) is 36.4. The lowest BCUT2D eigenvalue weighted by molar-refractivity contribution is -0.848. The van der Waals surface area contributed by atoms with Gasteiger partial charge in [-0.25, -0.2) is 18.6 Å². The fraction of sp³-hybridized carbons (Fsp3) is 0.324. The second kappa shape index (κ2) is 16.2. The number of thiazole rings is 1. The molecule has 0 aliphatic carbocycles. The summed E-state index contributed by atoms with van der Waals surface area (Å²) < 4.78 is 35.3.